The molecule has 170 valence electrons. The van der Waals surface area contributed by atoms with Crippen molar-refractivity contribution in [2.45, 2.75) is 44.3 Å². The molecule has 0 bridgehead atoms. The molecule has 0 radical (unpaired) electrons. The van der Waals surface area contributed by atoms with Crippen LogP contribution in [0.5, 0.6) is 0 Å². The molecule has 0 heterocycles. The number of fused-ring (bicyclic) bond motifs is 1. The van der Waals surface area contributed by atoms with Crippen LogP contribution in [0.2, 0.25) is 0 Å². The molecule has 3 aromatic carbocycles. The third-order valence-corrected chi connectivity index (χ3v) is 6.30. The Morgan fingerprint density at radius 1 is 1.06 bits per heavy atom. The molecule has 33 heavy (non-hydrogen) atoms. The Morgan fingerprint density at radius 2 is 1.76 bits per heavy atom. The Bertz CT molecular complexity index is 1180. The van der Waals surface area contributed by atoms with Crippen LogP contribution in [0, 0.1) is 5.92 Å². The quantitative estimate of drug-likeness (QED) is 0.304. The normalized spacial score (nSPS) is 23.1. The van der Waals surface area contributed by atoms with Gasteiger partial charge in [0.2, 0.25) is 5.60 Å². The molecule has 0 aromatic heterocycles. The Hall–Kier alpha value is -3.44. The standard InChI is InChI=1S/C28H28O5/c1-19(29)33-28(23-16-15-21-12-6-7-13-22(21)17-23)26(32)18-25(31)27(28)24(30)14-8-5-11-20-9-3-2-4-10-20/h2-4,6-7,9-10,12-17,25,27,30-31H,5,8,11,18H2,1H3/b24-14+. The van der Waals surface area contributed by atoms with Gasteiger partial charge in [-0.3, -0.25) is 9.59 Å². The van der Waals surface area contributed by atoms with Gasteiger partial charge in [0, 0.05) is 18.9 Å². The Labute approximate surface area is 193 Å². The number of aryl methyl sites for hydroxylation is 1. The number of ketones is 1. The molecule has 4 rings (SSSR count). The minimum atomic E-state index is -1.77. The van der Waals surface area contributed by atoms with E-state index in [1.54, 1.807) is 18.2 Å². The average Bonchev–Trinajstić information content (AvgIpc) is 3.06. The number of hydrogen-bond acceptors (Lipinski definition) is 5. The van der Waals surface area contributed by atoms with Gasteiger partial charge in [0.05, 0.1) is 17.8 Å². The van der Waals surface area contributed by atoms with Crippen LogP contribution < -0.4 is 0 Å². The zero-order valence-electron chi connectivity index (χ0n) is 18.6. The van der Waals surface area contributed by atoms with Crippen LogP contribution in [0.15, 0.2) is 84.6 Å². The van der Waals surface area contributed by atoms with E-state index in [1.165, 1.54) is 12.5 Å². The number of benzene rings is 3. The molecule has 3 aromatic rings. The molecule has 0 spiro atoms. The number of Topliss-reactive ketones (excluding diaryl/α,β-unsaturated/α-hetero) is 1. The third kappa shape index (κ3) is 4.55. The summed E-state index contributed by atoms with van der Waals surface area (Å²) in [5.74, 6) is -2.26. The molecular weight excluding hydrogens is 416 g/mol. The van der Waals surface area contributed by atoms with Gasteiger partial charge in [-0.2, -0.15) is 0 Å². The molecule has 2 N–H and O–H groups in total. The lowest BCUT2D eigenvalue weighted by Crippen LogP contribution is -2.44. The van der Waals surface area contributed by atoms with Crippen molar-refractivity contribution in [2.75, 3.05) is 0 Å². The molecule has 3 atom stereocenters. The lowest BCUT2D eigenvalue weighted by molar-refractivity contribution is -0.170. The molecule has 0 saturated heterocycles. The topological polar surface area (TPSA) is 83.8 Å². The summed E-state index contributed by atoms with van der Waals surface area (Å²) >= 11 is 0. The number of rotatable bonds is 7. The number of aliphatic hydroxyl groups excluding tert-OH is 2. The molecule has 1 saturated carbocycles. The Morgan fingerprint density at radius 3 is 2.48 bits per heavy atom. The van der Waals surface area contributed by atoms with Crippen LogP contribution in [-0.4, -0.2) is 28.1 Å². The van der Waals surface area contributed by atoms with Gasteiger partial charge in [0.1, 0.15) is 0 Å². The van der Waals surface area contributed by atoms with Crippen LogP contribution >= 0.6 is 0 Å². The molecule has 5 heteroatoms. The molecular formula is C28H28O5. The lowest BCUT2D eigenvalue weighted by atomic mass is 9.80. The highest BCUT2D eigenvalue weighted by molar-refractivity contribution is 5.95. The van der Waals surface area contributed by atoms with E-state index in [4.69, 9.17) is 4.74 Å². The minimum absolute atomic E-state index is 0.129. The second kappa shape index (κ2) is 9.59. The first-order chi connectivity index (χ1) is 15.9. The smallest absolute Gasteiger partial charge is 0.303 e. The van der Waals surface area contributed by atoms with E-state index in [-0.39, 0.29) is 12.2 Å². The first-order valence-corrected chi connectivity index (χ1v) is 11.2. The van der Waals surface area contributed by atoms with Crippen LogP contribution in [0.25, 0.3) is 10.8 Å². The molecule has 0 aliphatic heterocycles. The van der Waals surface area contributed by atoms with Gasteiger partial charge in [0.15, 0.2) is 5.78 Å². The first-order valence-electron chi connectivity index (χ1n) is 11.2. The van der Waals surface area contributed by atoms with Gasteiger partial charge in [-0.05, 0) is 47.7 Å². The van der Waals surface area contributed by atoms with E-state index >= 15 is 0 Å². The van der Waals surface area contributed by atoms with E-state index in [1.807, 2.05) is 48.5 Å². The van der Waals surface area contributed by atoms with Crippen LogP contribution in [0.3, 0.4) is 0 Å². The molecule has 1 aliphatic carbocycles. The maximum atomic E-state index is 13.2. The zero-order valence-corrected chi connectivity index (χ0v) is 18.6. The summed E-state index contributed by atoms with van der Waals surface area (Å²) in [5.41, 5.74) is -0.117. The van der Waals surface area contributed by atoms with Crippen LogP contribution in [-0.2, 0) is 26.3 Å². The highest BCUT2D eigenvalue weighted by Crippen LogP contribution is 2.48. The van der Waals surface area contributed by atoms with Crippen molar-refractivity contribution in [1.82, 2.24) is 0 Å². The number of carbonyl (C=O) groups excluding carboxylic acids is 2. The van der Waals surface area contributed by atoms with E-state index < -0.39 is 29.4 Å². The number of esters is 1. The Balaban J connectivity index is 1.67. The molecule has 0 amide bonds. The fourth-order valence-electron chi connectivity index (χ4n) is 4.80. The second-order valence-corrected chi connectivity index (χ2v) is 8.57. The monoisotopic (exact) mass is 444 g/mol. The first kappa shape index (κ1) is 22.7. The van der Waals surface area contributed by atoms with E-state index in [0.29, 0.717) is 12.0 Å². The van der Waals surface area contributed by atoms with Crippen molar-refractivity contribution in [3.05, 3.63) is 95.8 Å². The number of hydrogen-bond donors (Lipinski definition) is 2. The highest BCUT2D eigenvalue weighted by Gasteiger charge is 2.60. The number of ether oxygens (including phenoxy) is 1. The number of carbonyl (C=O) groups is 2. The summed E-state index contributed by atoms with van der Waals surface area (Å²) in [6, 6.07) is 23.1. The Kier molecular flexibility index (Phi) is 6.61. The lowest BCUT2D eigenvalue weighted by Gasteiger charge is -2.34. The van der Waals surface area contributed by atoms with E-state index in [0.717, 1.165) is 23.6 Å². The van der Waals surface area contributed by atoms with Gasteiger partial charge < -0.3 is 14.9 Å². The summed E-state index contributed by atoms with van der Waals surface area (Å²) in [7, 11) is 0. The number of aliphatic hydroxyl groups is 2. The molecule has 3 unspecified atom stereocenters. The van der Waals surface area contributed by atoms with Crippen molar-refractivity contribution in [3.63, 3.8) is 0 Å². The summed E-state index contributed by atoms with van der Waals surface area (Å²) < 4.78 is 5.68. The SMILES string of the molecule is CC(=O)OC1(c2ccc3ccccc3c2)C(=O)CC(O)C1/C(O)=C\CCCc1ccccc1. The average molecular weight is 445 g/mol. The predicted octanol–water partition coefficient (Wildman–Crippen LogP) is 5.01. The van der Waals surface area contributed by atoms with Gasteiger partial charge in [-0.15, -0.1) is 0 Å². The van der Waals surface area contributed by atoms with Crippen molar-refractivity contribution >= 4 is 22.5 Å². The van der Waals surface area contributed by atoms with Crippen molar-refractivity contribution in [1.29, 1.82) is 0 Å². The fourth-order valence-corrected chi connectivity index (χ4v) is 4.80. The highest BCUT2D eigenvalue weighted by atomic mass is 16.6. The fraction of sp³-hybridized carbons (Fsp3) is 0.286. The zero-order chi connectivity index (χ0) is 23.4. The van der Waals surface area contributed by atoms with Crippen molar-refractivity contribution in [2.24, 2.45) is 5.92 Å². The number of unbranched alkanes of at least 4 members (excludes halogenated alkanes) is 1. The molecule has 1 aliphatic rings. The maximum Gasteiger partial charge on any atom is 0.303 e. The van der Waals surface area contributed by atoms with E-state index in [2.05, 4.69) is 12.1 Å². The maximum absolute atomic E-state index is 13.2. The summed E-state index contributed by atoms with van der Waals surface area (Å²) in [5, 5.41) is 23.6. The van der Waals surface area contributed by atoms with Crippen molar-refractivity contribution in [3.8, 4) is 0 Å². The van der Waals surface area contributed by atoms with Crippen molar-refractivity contribution < 1.29 is 24.5 Å². The van der Waals surface area contributed by atoms with Gasteiger partial charge in [-0.1, -0.05) is 66.7 Å². The van der Waals surface area contributed by atoms with Gasteiger partial charge >= 0.3 is 5.97 Å². The van der Waals surface area contributed by atoms with Gasteiger partial charge in [-0.25, -0.2) is 0 Å². The van der Waals surface area contributed by atoms with Crippen LogP contribution in [0.1, 0.15) is 37.3 Å². The summed E-state index contributed by atoms with van der Waals surface area (Å²) in [4.78, 5) is 25.4. The minimum Gasteiger partial charge on any atom is -0.512 e. The van der Waals surface area contributed by atoms with Crippen LogP contribution in [0.4, 0.5) is 0 Å². The largest absolute Gasteiger partial charge is 0.512 e. The summed E-state index contributed by atoms with van der Waals surface area (Å²) in [6.07, 6.45) is 2.47. The van der Waals surface area contributed by atoms with E-state index in [9.17, 15) is 19.8 Å². The third-order valence-electron chi connectivity index (χ3n) is 6.30. The number of allylic oxidation sites excluding steroid dienone is 1. The van der Waals surface area contributed by atoms with Gasteiger partial charge in [0.25, 0.3) is 0 Å². The second-order valence-electron chi connectivity index (χ2n) is 8.57. The summed E-state index contributed by atoms with van der Waals surface area (Å²) in [6.45, 7) is 1.23. The molecule has 5 nitrogen and oxygen atoms in total. The molecule has 1 fully saturated rings. The predicted molar refractivity (Wildman–Crippen MR) is 127 cm³/mol.